The molecule has 0 aliphatic heterocycles. The van der Waals surface area contributed by atoms with Crippen LogP contribution in [-0.4, -0.2) is 30.6 Å². The zero-order valence-corrected chi connectivity index (χ0v) is 18.7. The van der Waals surface area contributed by atoms with Crippen LogP contribution in [0.5, 0.6) is 5.75 Å². The lowest BCUT2D eigenvalue weighted by Crippen LogP contribution is -2.41. The van der Waals surface area contributed by atoms with Crippen LogP contribution in [-0.2, 0) is 12.0 Å². The summed E-state index contributed by atoms with van der Waals surface area (Å²) in [6, 6.07) is 5.96. The van der Waals surface area contributed by atoms with E-state index in [1.54, 1.807) is 25.4 Å². The van der Waals surface area contributed by atoms with Crippen molar-refractivity contribution in [3.05, 3.63) is 47.9 Å². The predicted molar refractivity (Wildman–Crippen MR) is 115 cm³/mol. The van der Waals surface area contributed by atoms with Crippen molar-refractivity contribution in [1.82, 2.24) is 15.6 Å². The number of oxazole rings is 1. The highest BCUT2D eigenvalue weighted by Crippen LogP contribution is 2.22. The smallest absolute Gasteiger partial charge is 0.213 e. The lowest BCUT2D eigenvalue weighted by atomic mass is 9.94. The second-order valence-electron chi connectivity index (χ2n) is 7.06. The Kier molecular flexibility index (Phi) is 9.01. The normalized spacial score (nSPS) is 12.9. The minimum Gasteiger partial charge on any atom is -0.489 e. The molecular weight excluding hydrogens is 462 g/mol. The molecule has 2 rings (SSSR count). The highest BCUT2D eigenvalue weighted by atomic mass is 127. The van der Waals surface area contributed by atoms with Gasteiger partial charge in [-0.3, -0.25) is 4.99 Å². The third-order valence-electron chi connectivity index (χ3n) is 3.63. The Bertz CT molecular complexity index is 726. The van der Waals surface area contributed by atoms with Gasteiger partial charge in [0.25, 0.3) is 0 Å². The molecule has 0 radical (unpaired) electrons. The molecule has 0 amide bonds. The minimum atomic E-state index is -0.283. The van der Waals surface area contributed by atoms with Crippen LogP contribution in [0.2, 0.25) is 0 Å². The summed E-state index contributed by atoms with van der Waals surface area (Å²) < 4.78 is 24.4. The van der Waals surface area contributed by atoms with Gasteiger partial charge in [0, 0.05) is 12.5 Å². The topological polar surface area (TPSA) is 71.7 Å². The van der Waals surface area contributed by atoms with E-state index >= 15 is 0 Å². The third-order valence-corrected chi connectivity index (χ3v) is 3.63. The van der Waals surface area contributed by atoms with Gasteiger partial charge in [-0.1, -0.05) is 20.8 Å². The van der Waals surface area contributed by atoms with Crippen molar-refractivity contribution >= 4 is 29.9 Å². The Morgan fingerprint density at radius 2 is 1.93 bits per heavy atom. The first kappa shape index (κ1) is 23.2. The Morgan fingerprint density at radius 1 is 1.26 bits per heavy atom. The van der Waals surface area contributed by atoms with Gasteiger partial charge in [0.05, 0.1) is 19.3 Å². The maximum atomic E-state index is 12.9. The van der Waals surface area contributed by atoms with Crippen LogP contribution in [0.4, 0.5) is 4.39 Å². The maximum Gasteiger partial charge on any atom is 0.213 e. The Labute approximate surface area is 177 Å². The van der Waals surface area contributed by atoms with Gasteiger partial charge in [0.15, 0.2) is 5.96 Å². The molecule has 0 bridgehead atoms. The van der Waals surface area contributed by atoms with Crippen molar-refractivity contribution in [3.8, 4) is 5.75 Å². The van der Waals surface area contributed by atoms with Crippen LogP contribution in [0.25, 0.3) is 0 Å². The monoisotopic (exact) mass is 490 g/mol. The van der Waals surface area contributed by atoms with Crippen LogP contribution < -0.4 is 15.4 Å². The van der Waals surface area contributed by atoms with Crippen LogP contribution in [0, 0.1) is 5.82 Å². The molecule has 1 heterocycles. The fourth-order valence-electron chi connectivity index (χ4n) is 2.15. The molecule has 0 saturated heterocycles. The largest absolute Gasteiger partial charge is 0.489 e. The molecule has 1 unspecified atom stereocenters. The van der Waals surface area contributed by atoms with Gasteiger partial charge in [-0.25, -0.2) is 9.37 Å². The molecule has 0 saturated carbocycles. The zero-order chi connectivity index (χ0) is 19.2. The first-order chi connectivity index (χ1) is 12.3. The average molecular weight is 490 g/mol. The van der Waals surface area contributed by atoms with Gasteiger partial charge >= 0.3 is 0 Å². The molecule has 27 heavy (non-hydrogen) atoms. The summed E-state index contributed by atoms with van der Waals surface area (Å²) in [6.45, 7) is 9.13. The third kappa shape index (κ3) is 7.74. The van der Waals surface area contributed by atoms with Crippen molar-refractivity contribution in [2.24, 2.45) is 4.99 Å². The molecule has 1 aromatic carbocycles. The fourth-order valence-corrected chi connectivity index (χ4v) is 2.15. The number of benzene rings is 1. The Balaban J connectivity index is 0.00000364. The van der Waals surface area contributed by atoms with E-state index in [0.29, 0.717) is 30.7 Å². The number of aromatic nitrogens is 1. The number of aliphatic imine (C=N–C) groups is 1. The van der Waals surface area contributed by atoms with E-state index in [1.807, 2.05) is 6.92 Å². The Morgan fingerprint density at radius 3 is 2.48 bits per heavy atom. The van der Waals surface area contributed by atoms with Crippen LogP contribution in [0.3, 0.4) is 0 Å². The van der Waals surface area contributed by atoms with Gasteiger partial charge in [-0.05, 0) is 31.2 Å². The quantitative estimate of drug-likeness (QED) is 0.366. The number of nitrogens with zero attached hydrogens (tertiary/aromatic N) is 2. The zero-order valence-electron chi connectivity index (χ0n) is 16.4. The van der Waals surface area contributed by atoms with Crippen LogP contribution in [0.1, 0.15) is 39.3 Å². The first-order valence-electron chi connectivity index (χ1n) is 8.60. The maximum absolute atomic E-state index is 12.9. The number of halogens is 2. The van der Waals surface area contributed by atoms with Crippen molar-refractivity contribution in [2.75, 3.05) is 13.6 Å². The summed E-state index contributed by atoms with van der Waals surface area (Å²) >= 11 is 0. The molecule has 0 aliphatic carbocycles. The van der Waals surface area contributed by atoms with Gasteiger partial charge in [0.2, 0.25) is 5.89 Å². The first-order valence-corrected chi connectivity index (χ1v) is 8.60. The predicted octanol–water partition coefficient (Wildman–Crippen LogP) is 3.86. The van der Waals surface area contributed by atoms with Gasteiger partial charge < -0.3 is 19.8 Å². The second kappa shape index (κ2) is 10.5. The van der Waals surface area contributed by atoms with Gasteiger partial charge in [-0.15, -0.1) is 24.0 Å². The number of ether oxygens (including phenoxy) is 1. The van der Waals surface area contributed by atoms with E-state index in [-0.39, 0.29) is 41.3 Å². The van der Waals surface area contributed by atoms with Crippen LogP contribution in [0.15, 0.2) is 39.9 Å². The molecule has 6 nitrogen and oxygen atoms in total. The molecule has 0 fully saturated rings. The number of hydrogen-bond acceptors (Lipinski definition) is 4. The molecule has 1 aromatic heterocycles. The lowest BCUT2D eigenvalue weighted by molar-refractivity contribution is 0.223. The molecular formula is C19H28FIN4O2. The molecule has 0 spiro atoms. The summed E-state index contributed by atoms with van der Waals surface area (Å²) in [5, 5.41) is 6.33. The molecule has 2 N–H and O–H groups in total. The van der Waals surface area contributed by atoms with Gasteiger partial charge in [0.1, 0.15) is 23.4 Å². The van der Waals surface area contributed by atoms with Gasteiger partial charge in [-0.2, -0.15) is 0 Å². The van der Waals surface area contributed by atoms with Crippen molar-refractivity contribution < 1.29 is 13.5 Å². The molecule has 2 aromatic rings. The number of rotatable bonds is 6. The van der Waals surface area contributed by atoms with E-state index in [0.717, 1.165) is 5.76 Å². The van der Waals surface area contributed by atoms with Crippen molar-refractivity contribution in [3.63, 3.8) is 0 Å². The average Bonchev–Trinajstić information content (AvgIpc) is 3.06. The highest BCUT2D eigenvalue weighted by Gasteiger charge is 2.19. The minimum absolute atomic E-state index is 0. The summed E-state index contributed by atoms with van der Waals surface area (Å²) in [5.41, 5.74) is -0.0711. The summed E-state index contributed by atoms with van der Waals surface area (Å²) in [6.07, 6.45) is 1.64. The van der Waals surface area contributed by atoms with E-state index in [1.165, 1.54) is 12.1 Å². The van der Waals surface area contributed by atoms with Crippen molar-refractivity contribution in [1.29, 1.82) is 0 Å². The lowest BCUT2D eigenvalue weighted by Gasteiger charge is -2.17. The molecule has 8 heteroatoms. The number of nitrogens with one attached hydrogen (secondary N) is 2. The van der Waals surface area contributed by atoms with E-state index in [9.17, 15) is 4.39 Å². The van der Waals surface area contributed by atoms with Crippen LogP contribution >= 0.6 is 24.0 Å². The SMILES string of the molecule is CN=C(NCc1ncc(C(C)(C)C)o1)NCC(C)Oc1ccc(F)cc1.I. The number of guanidine groups is 1. The Hall–Kier alpha value is -1.84. The summed E-state index contributed by atoms with van der Waals surface area (Å²) in [4.78, 5) is 8.45. The summed E-state index contributed by atoms with van der Waals surface area (Å²) in [7, 11) is 1.69. The van der Waals surface area contributed by atoms with E-state index < -0.39 is 0 Å². The summed E-state index contributed by atoms with van der Waals surface area (Å²) in [5.74, 6) is 2.41. The standard InChI is InChI=1S/C19H27FN4O2.HI/c1-13(25-15-8-6-14(20)7-9-15)10-23-18(21-5)24-12-17-22-11-16(26-17)19(2,3)4;/h6-9,11,13H,10,12H2,1-5H3,(H2,21,23,24);1H. The molecule has 1 atom stereocenters. The highest BCUT2D eigenvalue weighted by molar-refractivity contribution is 14.0. The van der Waals surface area contributed by atoms with E-state index in [4.69, 9.17) is 9.15 Å². The fraction of sp³-hybridized carbons (Fsp3) is 0.474. The van der Waals surface area contributed by atoms with E-state index in [2.05, 4.69) is 41.4 Å². The molecule has 150 valence electrons. The second-order valence-corrected chi connectivity index (χ2v) is 7.06. The number of hydrogen-bond donors (Lipinski definition) is 2. The van der Waals surface area contributed by atoms with Crippen molar-refractivity contribution in [2.45, 2.75) is 45.8 Å². The molecule has 0 aliphatic rings.